The summed E-state index contributed by atoms with van der Waals surface area (Å²) < 4.78 is 27.3. The van der Waals surface area contributed by atoms with Gasteiger partial charge in [0.2, 0.25) is 0 Å². The van der Waals surface area contributed by atoms with E-state index in [9.17, 15) is 8.78 Å². The summed E-state index contributed by atoms with van der Waals surface area (Å²) in [4.78, 5) is 6.17. The number of anilines is 2. The van der Waals surface area contributed by atoms with Gasteiger partial charge in [-0.2, -0.15) is 0 Å². The van der Waals surface area contributed by atoms with Crippen molar-refractivity contribution in [3.8, 4) is 0 Å². The van der Waals surface area contributed by atoms with E-state index in [1.165, 1.54) is 24.3 Å². The highest BCUT2D eigenvalue weighted by Crippen LogP contribution is 2.31. The van der Waals surface area contributed by atoms with E-state index < -0.39 is 11.6 Å². The first kappa shape index (κ1) is 17.2. The molecular weight excluding hydrogens is 320 g/mol. The molecule has 0 aromatic heterocycles. The molecule has 122 valence electrons. The summed E-state index contributed by atoms with van der Waals surface area (Å²) in [6, 6.07) is 6.78. The molecule has 6 heteroatoms. The fraction of sp³-hybridized carbons (Fsp3) is 0.235. The highest BCUT2D eigenvalue weighted by atomic mass is 35.5. The van der Waals surface area contributed by atoms with E-state index in [1.54, 1.807) is 12.4 Å². The lowest BCUT2D eigenvalue weighted by molar-refractivity contribution is 0.552. The molecule has 23 heavy (non-hydrogen) atoms. The summed E-state index contributed by atoms with van der Waals surface area (Å²) in [7, 11) is 1.88. The van der Waals surface area contributed by atoms with E-state index in [1.807, 2.05) is 25.8 Å². The van der Waals surface area contributed by atoms with Crippen molar-refractivity contribution in [2.45, 2.75) is 13.8 Å². The normalized spacial score (nSPS) is 11.0. The monoisotopic (exact) mass is 337 g/mol. The number of nitrogens with one attached hydrogen (secondary N) is 1. The molecule has 0 unspecified atom stereocenters. The van der Waals surface area contributed by atoms with Gasteiger partial charge in [-0.3, -0.25) is 0 Å². The van der Waals surface area contributed by atoms with Crippen molar-refractivity contribution in [2.75, 3.05) is 18.9 Å². The van der Waals surface area contributed by atoms with Gasteiger partial charge in [-0.15, -0.1) is 0 Å². The molecule has 3 nitrogen and oxygen atoms in total. The first-order valence-corrected chi connectivity index (χ1v) is 7.54. The number of aliphatic imine (C=N–C) groups is 1. The predicted molar refractivity (Wildman–Crippen MR) is 92.3 cm³/mol. The Bertz CT molecular complexity index is 712. The summed E-state index contributed by atoms with van der Waals surface area (Å²) >= 11 is 5.84. The third-order valence-electron chi connectivity index (χ3n) is 3.38. The van der Waals surface area contributed by atoms with Crippen molar-refractivity contribution < 1.29 is 8.78 Å². The lowest BCUT2D eigenvalue weighted by atomic mass is 10.1. The van der Waals surface area contributed by atoms with Gasteiger partial charge in [0.1, 0.15) is 11.6 Å². The van der Waals surface area contributed by atoms with Crippen LogP contribution < -0.4 is 5.32 Å². The maximum Gasteiger partial charge on any atom is 0.127 e. The largest absolute Gasteiger partial charge is 0.366 e. The summed E-state index contributed by atoms with van der Waals surface area (Å²) in [6.07, 6.45) is 1.64. The van der Waals surface area contributed by atoms with E-state index in [0.29, 0.717) is 17.1 Å². The predicted octanol–water partition coefficient (Wildman–Crippen LogP) is 5.28. The van der Waals surface area contributed by atoms with Crippen LogP contribution in [0.5, 0.6) is 0 Å². The lowest BCUT2D eigenvalue weighted by Gasteiger charge is -2.13. The highest BCUT2D eigenvalue weighted by molar-refractivity contribution is 6.30. The van der Waals surface area contributed by atoms with Crippen LogP contribution in [0.1, 0.15) is 12.5 Å². The second kappa shape index (κ2) is 7.42. The highest BCUT2D eigenvalue weighted by Gasteiger charge is 2.08. The number of hydrogen-bond acceptors (Lipinski definition) is 2. The minimum atomic E-state index is -0.461. The molecule has 0 bridgehead atoms. The van der Waals surface area contributed by atoms with Crippen LogP contribution in [0.2, 0.25) is 5.02 Å². The van der Waals surface area contributed by atoms with Crippen molar-refractivity contribution in [2.24, 2.45) is 4.99 Å². The molecule has 0 amide bonds. The van der Waals surface area contributed by atoms with Gasteiger partial charge in [-0.1, -0.05) is 11.6 Å². The van der Waals surface area contributed by atoms with Crippen molar-refractivity contribution in [1.29, 1.82) is 0 Å². The van der Waals surface area contributed by atoms with Gasteiger partial charge in [0.15, 0.2) is 0 Å². The SMILES string of the molecule is CCN(C)/C=N\c1cc(F)cc(Nc2cc(F)cc(Cl)c2)c1C. The smallest absolute Gasteiger partial charge is 0.127 e. The molecule has 0 heterocycles. The van der Waals surface area contributed by atoms with E-state index >= 15 is 0 Å². The van der Waals surface area contributed by atoms with Gasteiger partial charge in [0, 0.05) is 30.0 Å². The topological polar surface area (TPSA) is 27.6 Å². The van der Waals surface area contributed by atoms with E-state index in [-0.39, 0.29) is 5.02 Å². The third-order valence-corrected chi connectivity index (χ3v) is 3.60. The minimum absolute atomic E-state index is 0.268. The quantitative estimate of drug-likeness (QED) is 0.593. The fourth-order valence-corrected chi connectivity index (χ4v) is 2.17. The third kappa shape index (κ3) is 4.66. The fourth-order valence-electron chi connectivity index (χ4n) is 1.95. The van der Waals surface area contributed by atoms with Crippen LogP contribution >= 0.6 is 11.6 Å². The zero-order valence-electron chi connectivity index (χ0n) is 13.2. The van der Waals surface area contributed by atoms with Gasteiger partial charge in [-0.25, -0.2) is 13.8 Å². The Morgan fingerprint density at radius 2 is 1.87 bits per heavy atom. The molecule has 2 aromatic rings. The first-order valence-electron chi connectivity index (χ1n) is 7.16. The molecule has 0 aliphatic carbocycles. The molecular formula is C17H18ClF2N3. The maximum absolute atomic E-state index is 13.8. The Kier molecular flexibility index (Phi) is 5.55. The maximum atomic E-state index is 13.8. The number of halogens is 3. The first-order chi connectivity index (χ1) is 10.9. The second-order valence-corrected chi connectivity index (χ2v) is 5.63. The average Bonchev–Trinajstić information content (AvgIpc) is 2.47. The van der Waals surface area contributed by atoms with Crippen molar-refractivity contribution in [3.63, 3.8) is 0 Å². The molecule has 0 saturated carbocycles. The zero-order valence-corrected chi connectivity index (χ0v) is 14.0. The molecule has 2 rings (SSSR count). The van der Waals surface area contributed by atoms with Gasteiger partial charge >= 0.3 is 0 Å². The summed E-state index contributed by atoms with van der Waals surface area (Å²) in [5.74, 6) is -0.885. The molecule has 0 aliphatic rings. The molecule has 0 fully saturated rings. The van der Waals surface area contributed by atoms with Crippen LogP contribution in [-0.4, -0.2) is 24.8 Å². The van der Waals surface area contributed by atoms with Crippen LogP contribution in [0, 0.1) is 18.6 Å². The molecule has 0 aliphatic heterocycles. The molecule has 0 saturated heterocycles. The second-order valence-electron chi connectivity index (χ2n) is 5.20. The molecule has 1 N–H and O–H groups in total. The minimum Gasteiger partial charge on any atom is -0.366 e. The lowest BCUT2D eigenvalue weighted by Crippen LogP contribution is -2.14. The molecule has 0 spiro atoms. The molecule has 0 atom stereocenters. The van der Waals surface area contributed by atoms with Crippen molar-refractivity contribution >= 4 is 35.0 Å². The van der Waals surface area contributed by atoms with Gasteiger partial charge in [0.05, 0.1) is 12.0 Å². The Balaban J connectivity index is 2.35. The average molecular weight is 338 g/mol. The summed E-state index contributed by atoms with van der Waals surface area (Å²) in [5.41, 5.74) is 2.23. The number of rotatable bonds is 5. The van der Waals surface area contributed by atoms with Crippen LogP contribution in [-0.2, 0) is 0 Å². The summed E-state index contributed by atoms with van der Waals surface area (Å²) in [6.45, 7) is 4.61. The van der Waals surface area contributed by atoms with Gasteiger partial charge in [-0.05, 0) is 49.7 Å². The number of benzene rings is 2. The van der Waals surface area contributed by atoms with Crippen LogP contribution in [0.4, 0.5) is 25.8 Å². The van der Waals surface area contributed by atoms with Crippen molar-refractivity contribution in [3.05, 3.63) is 52.6 Å². The number of hydrogen-bond donors (Lipinski definition) is 1. The Hall–Kier alpha value is -2.14. The van der Waals surface area contributed by atoms with E-state index in [0.717, 1.165) is 12.1 Å². The van der Waals surface area contributed by atoms with E-state index in [2.05, 4.69) is 10.3 Å². The van der Waals surface area contributed by atoms with Crippen molar-refractivity contribution in [1.82, 2.24) is 4.90 Å². The molecule has 0 radical (unpaired) electrons. The zero-order chi connectivity index (χ0) is 17.0. The standard InChI is InChI=1S/C17H18ClF2N3/c1-4-23(3)10-21-16-8-14(20)9-17(11(16)2)22-15-6-12(18)5-13(19)7-15/h5-10,22H,4H2,1-3H3/b21-10-. The Labute approximate surface area is 139 Å². The van der Waals surface area contributed by atoms with Crippen LogP contribution in [0.25, 0.3) is 0 Å². The van der Waals surface area contributed by atoms with E-state index in [4.69, 9.17) is 11.6 Å². The molecule has 2 aromatic carbocycles. The Morgan fingerprint density at radius 3 is 2.52 bits per heavy atom. The number of nitrogens with zero attached hydrogens (tertiary/aromatic N) is 2. The Morgan fingerprint density at radius 1 is 1.17 bits per heavy atom. The van der Waals surface area contributed by atoms with Gasteiger partial charge < -0.3 is 10.2 Å². The summed E-state index contributed by atoms with van der Waals surface area (Å²) in [5, 5.41) is 3.25. The van der Waals surface area contributed by atoms with Crippen LogP contribution in [0.3, 0.4) is 0 Å². The van der Waals surface area contributed by atoms with Crippen LogP contribution in [0.15, 0.2) is 35.3 Å². The van der Waals surface area contributed by atoms with Gasteiger partial charge in [0.25, 0.3) is 0 Å².